The molecule has 6 heteroatoms. The summed E-state index contributed by atoms with van der Waals surface area (Å²) in [4.78, 5) is 5.03. The van der Waals surface area contributed by atoms with Gasteiger partial charge in [0.25, 0.3) is 6.33 Å². The summed E-state index contributed by atoms with van der Waals surface area (Å²) in [7, 11) is 0. The Morgan fingerprint density at radius 3 is 1.71 bits per heavy atom. The summed E-state index contributed by atoms with van der Waals surface area (Å²) in [6.07, 6.45) is 5.73. The van der Waals surface area contributed by atoms with Gasteiger partial charge in [-0.15, -0.1) is 0 Å². The quantitative estimate of drug-likeness (QED) is 0.112. The molecule has 15 aromatic rings. The van der Waals surface area contributed by atoms with Crippen LogP contribution in [0, 0.1) is 6.33 Å². The van der Waals surface area contributed by atoms with E-state index < -0.39 is 0 Å². The predicted molar refractivity (Wildman–Crippen MR) is 312 cm³/mol. The Morgan fingerprint density at radius 1 is 0.421 bits per heavy atom. The SMILES string of the molecule is CC(C)(C)c1ccnc(-n2c3ccc(-c4cc(-c5ccccc5)cc(-c5ccccc5)c4)cc3c3ccc(Oc4cccc(-n5[c-][n+](-c6cc7c8ccccc8n8c9ccccc9c(c6)c78)c6ccccc65)c4)cc32)c1. The van der Waals surface area contributed by atoms with Crippen molar-refractivity contribution in [2.45, 2.75) is 26.2 Å². The number of hydrogen-bond donors (Lipinski definition) is 0. The lowest BCUT2D eigenvalue weighted by Gasteiger charge is -2.20. The highest BCUT2D eigenvalue weighted by atomic mass is 16.5. The van der Waals surface area contributed by atoms with Gasteiger partial charge in [-0.3, -0.25) is 13.7 Å². The molecule has 76 heavy (non-hydrogen) atoms. The molecule has 0 spiro atoms. The molecule has 6 nitrogen and oxygen atoms in total. The number of pyridine rings is 1. The summed E-state index contributed by atoms with van der Waals surface area (Å²) in [6.45, 7) is 6.75. The van der Waals surface area contributed by atoms with E-state index in [2.05, 4.69) is 276 Å². The molecule has 10 aromatic carbocycles. The molecule has 0 saturated heterocycles. The molecular formula is C70H49N5O. The summed E-state index contributed by atoms with van der Waals surface area (Å²) in [6, 6.07) is 84.9. The zero-order chi connectivity index (χ0) is 50.6. The topological polar surface area (TPSA) is 40.3 Å². The molecule has 0 atom stereocenters. The summed E-state index contributed by atoms with van der Waals surface area (Å²) >= 11 is 0. The second kappa shape index (κ2) is 16.9. The van der Waals surface area contributed by atoms with Gasteiger partial charge in [0.1, 0.15) is 17.3 Å². The van der Waals surface area contributed by atoms with Crippen molar-refractivity contribution in [3.63, 3.8) is 0 Å². The Hall–Kier alpha value is -9.78. The second-order valence-electron chi connectivity index (χ2n) is 21.0. The van der Waals surface area contributed by atoms with Crippen LogP contribution >= 0.6 is 0 Å². The maximum atomic E-state index is 6.90. The minimum Gasteiger partial charge on any atom is -0.458 e. The molecule has 0 aliphatic rings. The summed E-state index contributed by atoms with van der Waals surface area (Å²) < 4.78 is 16.0. The number of imidazole rings is 1. The van der Waals surface area contributed by atoms with Gasteiger partial charge in [-0.25, -0.2) is 4.98 Å². The zero-order valence-electron chi connectivity index (χ0n) is 42.2. The van der Waals surface area contributed by atoms with Gasteiger partial charge in [0.2, 0.25) is 0 Å². The van der Waals surface area contributed by atoms with Crippen LogP contribution in [0.25, 0.3) is 122 Å². The van der Waals surface area contributed by atoms with Crippen LogP contribution in [0.15, 0.2) is 243 Å². The Bertz CT molecular complexity index is 4620. The van der Waals surface area contributed by atoms with Crippen LogP contribution in [-0.2, 0) is 5.41 Å². The number of rotatable bonds is 8. The third-order valence-corrected chi connectivity index (χ3v) is 15.4. The first-order valence-corrected chi connectivity index (χ1v) is 26.0. The minimum absolute atomic E-state index is 0.0666. The van der Waals surface area contributed by atoms with E-state index in [4.69, 9.17) is 9.72 Å². The lowest BCUT2D eigenvalue weighted by atomic mass is 9.88. The highest BCUT2D eigenvalue weighted by Gasteiger charge is 2.22. The zero-order valence-corrected chi connectivity index (χ0v) is 42.2. The van der Waals surface area contributed by atoms with Gasteiger partial charge in [0.15, 0.2) is 0 Å². The highest BCUT2D eigenvalue weighted by Crippen LogP contribution is 2.42. The van der Waals surface area contributed by atoms with E-state index in [1.54, 1.807) is 0 Å². The number of hydrogen-bond acceptors (Lipinski definition) is 2. The molecule has 0 N–H and O–H groups in total. The molecule has 0 amide bonds. The third kappa shape index (κ3) is 7.02. The first kappa shape index (κ1) is 43.8. The Morgan fingerprint density at radius 2 is 1.03 bits per heavy atom. The van der Waals surface area contributed by atoms with Crippen molar-refractivity contribution in [2.24, 2.45) is 0 Å². The molecule has 0 fully saturated rings. The van der Waals surface area contributed by atoms with E-state index in [1.807, 2.05) is 12.3 Å². The lowest BCUT2D eigenvalue weighted by Crippen LogP contribution is -2.29. The molecule has 0 aliphatic heterocycles. The smallest absolute Gasteiger partial charge is 0.269 e. The van der Waals surface area contributed by atoms with E-state index in [9.17, 15) is 0 Å². The van der Waals surface area contributed by atoms with Crippen LogP contribution in [0.2, 0.25) is 0 Å². The second-order valence-corrected chi connectivity index (χ2v) is 21.0. The van der Waals surface area contributed by atoms with Crippen LogP contribution in [0.5, 0.6) is 11.5 Å². The van der Waals surface area contributed by atoms with Crippen molar-refractivity contribution in [1.82, 2.24) is 18.5 Å². The van der Waals surface area contributed by atoms with E-state index in [0.717, 1.165) is 72.7 Å². The molecule has 0 bridgehead atoms. The van der Waals surface area contributed by atoms with Gasteiger partial charge in [0.05, 0.1) is 50.0 Å². The number of nitrogens with zero attached hydrogens (tertiary/aromatic N) is 5. The number of fused-ring (bicyclic) bond motifs is 10. The van der Waals surface area contributed by atoms with Crippen molar-refractivity contribution >= 4 is 70.9 Å². The van der Waals surface area contributed by atoms with Crippen molar-refractivity contribution in [3.8, 4) is 62.1 Å². The summed E-state index contributed by atoms with van der Waals surface area (Å²) in [5.74, 6) is 2.31. The van der Waals surface area contributed by atoms with Gasteiger partial charge in [-0.05, 0) is 141 Å². The molecule has 0 aliphatic carbocycles. The average molecular weight is 976 g/mol. The third-order valence-electron chi connectivity index (χ3n) is 15.4. The van der Waals surface area contributed by atoms with Crippen LogP contribution in [0.1, 0.15) is 26.3 Å². The maximum Gasteiger partial charge on any atom is 0.269 e. The van der Waals surface area contributed by atoms with Gasteiger partial charge in [0, 0.05) is 44.6 Å². The van der Waals surface area contributed by atoms with Crippen LogP contribution in [0.4, 0.5) is 0 Å². The van der Waals surface area contributed by atoms with Gasteiger partial charge in [-0.2, -0.15) is 0 Å². The van der Waals surface area contributed by atoms with Gasteiger partial charge in [-0.1, -0.05) is 154 Å². The van der Waals surface area contributed by atoms with Crippen LogP contribution < -0.4 is 9.30 Å². The molecule has 5 heterocycles. The van der Waals surface area contributed by atoms with E-state index in [-0.39, 0.29) is 5.41 Å². The van der Waals surface area contributed by atoms with Crippen LogP contribution in [0.3, 0.4) is 0 Å². The number of ether oxygens (including phenoxy) is 1. The van der Waals surface area contributed by atoms with Crippen molar-refractivity contribution in [3.05, 3.63) is 255 Å². The first-order valence-electron chi connectivity index (χ1n) is 26.0. The maximum absolute atomic E-state index is 6.90. The average Bonchev–Trinajstić information content (AvgIpc) is 4.38. The van der Waals surface area contributed by atoms with E-state index in [0.29, 0.717) is 0 Å². The summed E-state index contributed by atoms with van der Waals surface area (Å²) in [5, 5.41) is 7.20. The number of benzene rings is 10. The monoisotopic (exact) mass is 975 g/mol. The predicted octanol–water partition coefficient (Wildman–Crippen LogP) is 17.4. The lowest BCUT2D eigenvalue weighted by molar-refractivity contribution is -0.572. The first-order chi connectivity index (χ1) is 37.3. The molecule has 0 radical (unpaired) electrons. The fourth-order valence-corrected chi connectivity index (χ4v) is 11.7. The Labute approximate surface area is 439 Å². The normalized spacial score (nSPS) is 12.1. The molecular weight excluding hydrogens is 927 g/mol. The standard InChI is InChI=1S/C70H49N5O/c1-70(2,3)51-33-34-71-68(39-51)74-64-32-29-47(50-36-48(45-17-6-4-7-18-45)35-49(37-50)46-19-8-5-9-20-46)38-59(64)58-31-30-55(43-67(58)74)76-54-22-16-21-52(40-54)72-44-73(66-28-15-14-27-65(66)72)53-41-60-56-23-10-12-25-62(56)75-63-26-13-11-24-57(63)61(42-53)69(60)75/h4-43H,1-3H3. The minimum atomic E-state index is -0.0666. The molecule has 360 valence electrons. The molecule has 0 unspecified atom stereocenters. The molecule has 0 saturated carbocycles. The molecule has 15 rings (SSSR count). The highest BCUT2D eigenvalue weighted by molar-refractivity contribution is 6.23. The fraction of sp³-hybridized carbons (Fsp3) is 0.0571. The van der Waals surface area contributed by atoms with Crippen molar-refractivity contribution < 1.29 is 9.30 Å². The number of para-hydroxylation sites is 4. The van der Waals surface area contributed by atoms with E-state index in [1.165, 1.54) is 65.9 Å². The molecule has 5 aromatic heterocycles. The largest absolute Gasteiger partial charge is 0.458 e. The number of aromatic nitrogens is 5. The summed E-state index contributed by atoms with van der Waals surface area (Å²) in [5.41, 5.74) is 18.0. The van der Waals surface area contributed by atoms with Gasteiger partial charge < -0.3 is 9.14 Å². The van der Waals surface area contributed by atoms with E-state index >= 15 is 0 Å². The Balaban J connectivity index is 0.843. The Kier molecular flexibility index (Phi) is 9.72. The van der Waals surface area contributed by atoms with Gasteiger partial charge >= 0.3 is 0 Å². The van der Waals surface area contributed by atoms with Crippen LogP contribution in [-0.4, -0.2) is 18.5 Å². The fourth-order valence-electron chi connectivity index (χ4n) is 11.7. The van der Waals surface area contributed by atoms with Crippen molar-refractivity contribution in [2.75, 3.05) is 0 Å². The van der Waals surface area contributed by atoms with Crippen molar-refractivity contribution in [1.29, 1.82) is 0 Å².